The third kappa shape index (κ3) is 9.27. The number of esters is 1. The van der Waals surface area contributed by atoms with Gasteiger partial charge in [0.25, 0.3) is 0 Å². The van der Waals surface area contributed by atoms with Gasteiger partial charge >= 0.3 is 5.97 Å². The Labute approximate surface area is 178 Å². The lowest BCUT2D eigenvalue weighted by Crippen LogP contribution is -2.42. The Morgan fingerprint density at radius 1 is 1.30 bits per heavy atom. The highest BCUT2D eigenvalue weighted by Gasteiger charge is 2.13. The average molecular weight is 513 g/mol. The highest BCUT2D eigenvalue weighted by Crippen LogP contribution is 2.21. The van der Waals surface area contributed by atoms with Crippen molar-refractivity contribution in [2.75, 3.05) is 33.3 Å². The molecule has 8 nitrogen and oxygen atoms in total. The fourth-order valence-electron chi connectivity index (χ4n) is 2.20. The topological polar surface area (TPSA) is 106 Å². The number of nitrogens with zero attached hydrogens (tertiary/aromatic N) is 1. The first-order valence-electron chi connectivity index (χ1n) is 8.10. The summed E-state index contributed by atoms with van der Waals surface area (Å²) in [6.45, 7) is 2.35. The number of hydrogen-bond acceptors (Lipinski definition) is 6. The molecule has 0 saturated carbocycles. The van der Waals surface area contributed by atoms with Gasteiger partial charge in [-0.3, -0.25) is 4.99 Å². The zero-order chi connectivity index (χ0) is 19.7. The normalized spacial score (nSPS) is 12.6. The lowest BCUT2D eigenvalue weighted by Gasteiger charge is -2.18. The van der Waals surface area contributed by atoms with Crippen molar-refractivity contribution in [1.82, 2.24) is 10.6 Å². The van der Waals surface area contributed by atoms with Crippen LogP contribution in [0.5, 0.6) is 5.75 Å². The molecule has 0 heterocycles. The highest BCUT2D eigenvalue weighted by atomic mass is 127. The molecule has 1 aromatic carbocycles. The molecule has 0 fully saturated rings. The van der Waals surface area contributed by atoms with Crippen LogP contribution in [0.1, 0.15) is 29.3 Å². The molecule has 0 radical (unpaired) electrons. The van der Waals surface area contributed by atoms with E-state index in [1.54, 1.807) is 25.2 Å². The van der Waals surface area contributed by atoms with Crippen molar-refractivity contribution < 1.29 is 22.7 Å². The second kappa shape index (κ2) is 12.0. The van der Waals surface area contributed by atoms with Crippen LogP contribution < -0.4 is 15.4 Å². The molecule has 1 rings (SSSR count). The lowest BCUT2D eigenvalue weighted by atomic mass is 10.1. The summed E-state index contributed by atoms with van der Waals surface area (Å²) in [5.74, 6) is 0.644. The number of benzene rings is 1. The lowest BCUT2D eigenvalue weighted by molar-refractivity contribution is 0.0597. The van der Waals surface area contributed by atoms with Gasteiger partial charge in [-0.15, -0.1) is 24.0 Å². The first kappa shape index (κ1) is 25.4. The summed E-state index contributed by atoms with van der Waals surface area (Å²) in [7, 11) is 1.45. The predicted octanol–water partition coefficient (Wildman–Crippen LogP) is 1.59. The summed E-state index contributed by atoms with van der Waals surface area (Å²) in [5.41, 5.74) is 1.25. The van der Waals surface area contributed by atoms with Gasteiger partial charge in [0.15, 0.2) is 5.96 Å². The molecule has 1 unspecified atom stereocenters. The van der Waals surface area contributed by atoms with E-state index in [0.29, 0.717) is 30.2 Å². The number of methoxy groups -OCH3 is 2. The zero-order valence-corrected chi connectivity index (χ0v) is 19.4. The van der Waals surface area contributed by atoms with Gasteiger partial charge in [0.05, 0.1) is 20.0 Å². The van der Waals surface area contributed by atoms with Crippen LogP contribution in [0.3, 0.4) is 0 Å². The van der Waals surface area contributed by atoms with Crippen LogP contribution in [-0.4, -0.2) is 59.7 Å². The number of carbonyl (C=O) groups excluding carboxylic acids is 1. The molecule has 2 N–H and O–H groups in total. The molecule has 1 aromatic rings. The molecule has 0 aliphatic heterocycles. The largest absolute Gasteiger partial charge is 0.496 e. The van der Waals surface area contributed by atoms with Gasteiger partial charge in [-0.25, -0.2) is 13.2 Å². The summed E-state index contributed by atoms with van der Waals surface area (Å²) in [5, 5.41) is 6.29. The van der Waals surface area contributed by atoms with E-state index < -0.39 is 15.8 Å². The molecule has 0 amide bonds. The molecule has 0 bridgehead atoms. The summed E-state index contributed by atoms with van der Waals surface area (Å²) in [6.07, 6.45) is 1.71. The molecule has 27 heavy (non-hydrogen) atoms. The number of guanidine groups is 1. The van der Waals surface area contributed by atoms with Crippen molar-refractivity contribution in [2.24, 2.45) is 4.99 Å². The van der Waals surface area contributed by atoms with Gasteiger partial charge < -0.3 is 20.1 Å². The Bertz CT molecular complexity index is 753. The number of hydrogen-bond donors (Lipinski definition) is 2. The van der Waals surface area contributed by atoms with Crippen molar-refractivity contribution in [3.63, 3.8) is 0 Å². The Hall–Kier alpha value is -1.56. The minimum atomic E-state index is -2.99. The Kier molecular flexibility index (Phi) is 11.3. The summed E-state index contributed by atoms with van der Waals surface area (Å²) >= 11 is 0. The van der Waals surface area contributed by atoms with Crippen molar-refractivity contribution in [3.05, 3.63) is 29.3 Å². The van der Waals surface area contributed by atoms with Gasteiger partial charge in [0, 0.05) is 25.9 Å². The van der Waals surface area contributed by atoms with Crippen LogP contribution in [-0.2, 0) is 21.1 Å². The molecule has 10 heteroatoms. The SMILES string of the molecule is CN=C(NCc1ccc(C(=O)OC)c(OC)c1)NC(C)CCS(C)(=O)=O.I. The number of carbonyl (C=O) groups is 1. The number of nitrogens with one attached hydrogen (secondary N) is 2. The van der Waals surface area contributed by atoms with E-state index in [1.165, 1.54) is 20.5 Å². The smallest absolute Gasteiger partial charge is 0.341 e. The third-order valence-electron chi connectivity index (χ3n) is 3.66. The number of aliphatic imine (C=N–C) groups is 1. The monoisotopic (exact) mass is 513 g/mol. The van der Waals surface area contributed by atoms with E-state index in [1.807, 2.05) is 6.92 Å². The van der Waals surface area contributed by atoms with Crippen molar-refractivity contribution >= 4 is 45.7 Å². The molecular formula is C17H28IN3O5S. The molecule has 1 atom stereocenters. The summed E-state index contributed by atoms with van der Waals surface area (Å²) in [6, 6.07) is 5.14. The van der Waals surface area contributed by atoms with Crippen molar-refractivity contribution in [1.29, 1.82) is 0 Å². The van der Waals surface area contributed by atoms with Crippen molar-refractivity contribution in [3.8, 4) is 5.75 Å². The van der Waals surface area contributed by atoms with Crippen LogP contribution in [0.2, 0.25) is 0 Å². The van der Waals surface area contributed by atoms with E-state index in [4.69, 9.17) is 9.47 Å². The zero-order valence-electron chi connectivity index (χ0n) is 16.2. The van der Waals surface area contributed by atoms with Gasteiger partial charge in [0.1, 0.15) is 21.2 Å². The quantitative estimate of drug-likeness (QED) is 0.235. The average Bonchev–Trinajstić information content (AvgIpc) is 2.61. The van der Waals surface area contributed by atoms with E-state index in [2.05, 4.69) is 15.6 Å². The highest BCUT2D eigenvalue weighted by molar-refractivity contribution is 14.0. The number of sulfone groups is 1. The molecule has 0 aliphatic rings. The van der Waals surface area contributed by atoms with Gasteiger partial charge in [-0.1, -0.05) is 6.07 Å². The minimum absolute atomic E-state index is 0. The van der Waals surface area contributed by atoms with E-state index in [9.17, 15) is 13.2 Å². The standard InChI is InChI=1S/C17H27N3O5S.HI/c1-12(8-9-26(5,22)23)20-17(18-2)19-11-13-6-7-14(16(21)25-4)15(10-13)24-3;/h6-7,10,12H,8-9,11H2,1-5H3,(H2,18,19,20);1H. The molecule has 0 spiro atoms. The second-order valence-electron chi connectivity index (χ2n) is 5.92. The summed E-state index contributed by atoms with van der Waals surface area (Å²) in [4.78, 5) is 15.8. The van der Waals surface area contributed by atoms with E-state index in [-0.39, 0.29) is 35.8 Å². The number of halogens is 1. The van der Waals surface area contributed by atoms with Gasteiger partial charge in [0.2, 0.25) is 0 Å². The molecule has 0 saturated heterocycles. The molecule has 154 valence electrons. The first-order chi connectivity index (χ1) is 12.2. The van der Waals surface area contributed by atoms with Gasteiger partial charge in [-0.05, 0) is 31.0 Å². The maximum atomic E-state index is 11.7. The maximum absolute atomic E-state index is 11.7. The Morgan fingerprint density at radius 3 is 2.48 bits per heavy atom. The first-order valence-corrected chi connectivity index (χ1v) is 10.2. The van der Waals surface area contributed by atoms with E-state index in [0.717, 1.165) is 5.56 Å². The maximum Gasteiger partial charge on any atom is 0.341 e. The molecule has 0 aromatic heterocycles. The van der Waals surface area contributed by atoms with Crippen LogP contribution in [0.15, 0.2) is 23.2 Å². The second-order valence-corrected chi connectivity index (χ2v) is 8.18. The van der Waals surface area contributed by atoms with Crippen LogP contribution in [0.25, 0.3) is 0 Å². The fraction of sp³-hybridized carbons (Fsp3) is 0.529. The summed E-state index contributed by atoms with van der Waals surface area (Å²) < 4.78 is 32.4. The minimum Gasteiger partial charge on any atom is -0.496 e. The molecular weight excluding hydrogens is 485 g/mol. The van der Waals surface area contributed by atoms with Crippen LogP contribution in [0.4, 0.5) is 0 Å². The fourth-order valence-corrected chi connectivity index (χ4v) is 2.98. The van der Waals surface area contributed by atoms with Gasteiger partial charge in [-0.2, -0.15) is 0 Å². The van der Waals surface area contributed by atoms with Crippen LogP contribution >= 0.6 is 24.0 Å². The van der Waals surface area contributed by atoms with Crippen molar-refractivity contribution in [2.45, 2.75) is 25.9 Å². The predicted molar refractivity (Wildman–Crippen MR) is 117 cm³/mol. The molecule has 0 aliphatic carbocycles. The third-order valence-corrected chi connectivity index (χ3v) is 4.64. The Morgan fingerprint density at radius 2 is 1.96 bits per heavy atom. The van der Waals surface area contributed by atoms with E-state index >= 15 is 0 Å². The van der Waals surface area contributed by atoms with Crippen LogP contribution in [0, 0.1) is 0 Å². The number of ether oxygens (including phenoxy) is 2. The number of rotatable bonds is 8. The Balaban J connectivity index is 0.00000676.